The first-order chi connectivity index (χ1) is 13.3. The molecule has 1 N–H and O–H groups in total. The Morgan fingerprint density at radius 2 is 1.64 bits per heavy atom. The van der Waals surface area contributed by atoms with Crippen molar-refractivity contribution in [2.75, 3.05) is 19.6 Å². The number of hydrogen-bond donors (Lipinski definition) is 1. The Balaban J connectivity index is 0.00000225. The first-order valence-electron chi connectivity index (χ1n) is 10.1. The smallest absolute Gasteiger partial charge is 0.253 e. The van der Waals surface area contributed by atoms with E-state index in [9.17, 15) is 4.79 Å². The minimum absolute atomic E-state index is 0. The Kier molecular flexibility index (Phi) is 7.35. The fourth-order valence-corrected chi connectivity index (χ4v) is 3.55. The number of carbonyl (C=O) groups is 1. The molecule has 0 unspecified atom stereocenters. The minimum Gasteiger partial charge on any atom is -0.489 e. The number of hydrogen-bond acceptors (Lipinski definition) is 3. The molecule has 0 bridgehead atoms. The Morgan fingerprint density at radius 1 is 0.964 bits per heavy atom. The number of piperidine rings is 1. The van der Waals surface area contributed by atoms with Crippen LogP contribution in [0.15, 0.2) is 54.6 Å². The average Bonchev–Trinajstić information content (AvgIpc) is 3.56. The summed E-state index contributed by atoms with van der Waals surface area (Å²) >= 11 is 0. The van der Waals surface area contributed by atoms with Gasteiger partial charge in [-0.05, 0) is 68.0 Å². The Hall–Kier alpha value is -2.04. The van der Waals surface area contributed by atoms with Crippen molar-refractivity contribution in [2.24, 2.45) is 5.92 Å². The lowest BCUT2D eigenvalue weighted by Gasteiger charge is -2.32. The fraction of sp³-hybridized carbons (Fsp3) is 0.435. The van der Waals surface area contributed by atoms with E-state index in [-0.39, 0.29) is 18.3 Å². The molecule has 2 aromatic rings. The van der Waals surface area contributed by atoms with Gasteiger partial charge in [0.25, 0.3) is 5.91 Å². The molecule has 1 aliphatic carbocycles. The highest BCUT2D eigenvalue weighted by atomic mass is 35.5. The van der Waals surface area contributed by atoms with Crippen molar-refractivity contribution < 1.29 is 9.53 Å². The predicted octanol–water partition coefficient (Wildman–Crippen LogP) is 4.29. The van der Waals surface area contributed by atoms with Gasteiger partial charge in [0.15, 0.2) is 0 Å². The van der Waals surface area contributed by atoms with Gasteiger partial charge in [-0.1, -0.05) is 30.3 Å². The van der Waals surface area contributed by atoms with Gasteiger partial charge in [-0.25, -0.2) is 0 Å². The van der Waals surface area contributed by atoms with E-state index < -0.39 is 0 Å². The highest BCUT2D eigenvalue weighted by Gasteiger charge is 2.26. The van der Waals surface area contributed by atoms with Crippen LogP contribution < -0.4 is 10.1 Å². The lowest BCUT2D eigenvalue weighted by molar-refractivity contribution is 0.0705. The average molecular weight is 401 g/mol. The Morgan fingerprint density at radius 3 is 2.29 bits per heavy atom. The SMILES string of the molecule is Cl.O=C(c1ccc(COc2ccccc2)cc1)N1CCC(NCC2CC2)CC1. The monoisotopic (exact) mass is 400 g/mol. The summed E-state index contributed by atoms with van der Waals surface area (Å²) in [7, 11) is 0. The summed E-state index contributed by atoms with van der Waals surface area (Å²) in [5, 5.41) is 3.67. The number of carbonyl (C=O) groups excluding carboxylic acids is 1. The molecule has 4 rings (SSSR count). The molecule has 4 nitrogen and oxygen atoms in total. The number of benzene rings is 2. The van der Waals surface area contributed by atoms with E-state index in [2.05, 4.69) is 5.32 Å². The molecule has 0 spiro atoms. The van der Waals surface area contributed by atoms with Gasteiger partial charge in [-0.3, -0.25) is 4.79 Å². The lowest BCUT2D eigenvalue weighted by Crippen LogP contribution is -2.45. The van der Waals surface area contributed by atoms with Crippen LogP contribution in [0.25, 0.3) is 0 Å². The number of amides is 1. The van der Waals surface area contributed by atoms with Gasteiger partial charge < -0.3 is 15.0 Å². The van der Waals surface area contributed by atoms with E-state index in [1.54, 1.807) is 0 Å². The minimum atomic E-state index is 0. The van der Waals surface area contributed by atoms with E-state index in [4.69, 9.17) is 4.74 Å². The third-order valence-corrected chi connectivity index (χ3v) is 5.52. The highest BCUT2D eigenvalue weighted by Crippen LogP contribution is 2.28. The van der Waals surface area contributed by atoms with E-state index >= 15 is 0 Å². The number of rotatable bonds is 7. The van der Waals surface area contributed by atoms with Crippen molar-refractivity contribution >= 4 is 18.3 Å². The number of likely N-dealkylation sites (tertiary alicyclic amines) is 1. The summed E-state index contributed by atoms with van der Waals surface area (Å²) in [5.41, 5.74) is 1.83. The Bertz CT molecular complexity index is 739. The Labute approximate surface area is 173 Å². The first-order valence-corrected chi connectivity index (χ1v) is 10.1. The second kappa shape index (κ2) is 9.94. The van der Waals surface area contributed by atoms with Gasteiger partial charge in [0, 0.05) is 24.7 Å². The van der Waals surface area contributed by atoms with Crippen molar-refractivity contribution in [1.82, 2.24) is 10.2 Å². The zero-order chi connectivity index (χ0) is 18.5. The normalized spacial score (nSPS) is 17.1. The molecular formula is C23H29ClN2O2. The highest BCUT2D eigenvalue weighted by molar-refractivity contribution is 5.94. The van der Waals surface area contributed by atoms with Crippen LogP contribution in [0.2, 0.25) is 0 Å². The lowest BCUT2D eigenvalue weighted by atomic mass is 10.0. The molecule has 1 aliphatic heterocycles. The molecule has 1 amide bonds. The number of ether oxygens (including phenoxy) is 1. The molecule has 2 fully saturated rings. The summed E-state index contributed by atoms with van der Waals surface area (Å²) in [6.45, 7) is 3.36. The third-order valence-electron chi connectivity index (χ3n) is 5.52. The molecular weight excluding hydrogens is 372 g/mol. The van der Waals surface area contributed by atoms with E-state index in [0.717, 1.165) is 55.3 Å². The van der Waals surface area contributed by atoms with Crippen LogP contribution in [0.4, 0.5) is 0 Å². The topological polar surface area (TPSA) is 41.6 Å². The van der Waals surface area contributed by atoms with Crippen molar-refractivity contribution in [3.63, 3.8) is 0 Å². The van der Waals surface area contributed by atoms with Crippen molar-refractivity contribution in [2.45, 2.75) is 38.3 Å². The molecule has 1 saturated heterocycles. The van der Waals surface area contributed by atoms with Crippen LogP contribution >= 0.6 is 12.4 Å². The standard InChI is InChI=1S/C23H28N2O2.ClH/c26-23(25-14-12-21(13-15-25)24-16-18-6-7-18)20-10-8-19(9-11-20)17-27-22-4-2-1-3-5-22;/h1-5,8-11,18,21,24H,6-7,12-17H2;1H. The van der Waals surface area contributed by atoms with E-state index in [1.165, 1.54) is 12.8 Å². The van der Waals surface area contributed by atoms with Gasteiger partial charge in [0.1, 0.15) is 12.4 Å². The van der Waals surface area contributed by atoms with E-state index in [0.29, 0.717) is 12.6 Å². The summed E-state index contributed by atoms with van der Waals surface area (Å²) in [6, 6.07) is 18.2. The van der Waals surface area contributed by atoms with Gasteiger partial charge in [0.05, 0.1) is 0 Å². The zero-order valence-electron chi connectivity index (χ0n) is 16.2. The molecule has 0 aromatic heterocycles. The molecule has 0 atom stereocenters. The molecule has 0 radical (unpaired) electrons. The maximum Gasteiger partial charge on any atom is 0.253 e. The third kappa shape index (κ3) is 5.73. The van der Waals surface area contributed by atoms with Crippen LogP contribution in [0.3, 0.4) is 0 Å². The van der Waals surface area contributed by atoms with Crippen LogP contribution in [0, 0.1) is 5.92 Å². The summed E-state index contributed by atoms with van der Waals surface area (Å²) in [4.78, 5) is 14.7. The molecule has 1 heterocycles. The number of halogens is 1. The molecule has 5 heteroatoms. The molecule has 1 saturated carbocycles. The van der Waals surface area contributed by atoms with Gasteiger partial charge in [-0.2, -0.15) is 0 Å². The largest absolute Gasteiger partial charge is 0.489 e. The molecule has 28 heavy (non-hydrogen) atoms. The first kappa shape index (κ1) is 20.7. The summed E-state index contributed by atoms with van der Waals surface area (Å²) < 4.78 is 5.76. The predicted molar refractivity (Wildman–Crippen MR) is 114 cm³/mol. The summed E-state index contributed by atoms with van der Waals surface area (Å²) in [5.74, 6) is 1.91. The molecule has 2 aliphatic rings. The number of nitrogens with zero attached hydrogens (tertiary/aromatic N) is 1. The zero-order valence-corrected chi connectivity index (χ0v) is 17.0. The number of nitrogens with one attached hydrogen (secondary N) is 1. The fourth-order valence-electron chi connectivity index (χ4n) is 3.55. The van der Waals surface area contributed by atoms with Crippen LogP contribution in [0.1, 0.15) is 41.6 Å². The number of para-hydroxylation sites is 1. The molecule has 150 valence electrons. The van der Waals surface area contributed by atoms with Gasteiger partial charge in [-0.15, -0.1) is 12.4 Å². The van der Waals surface area contributed by atoms with Crippen LogP contribution in [0.5, 0.6) is 5.75 Å². The van der Waals surface area contributed by atoms with E-state index in [1.807, 2.05) is 59.5 Å². The van der Waals surface area contributed by atoms with Gasteiger partial charge in [0.2, 0.25) is 0 Å². The maximum absolute atomic E-state index is 12.7. The molecule has 2 aromatic carbocycles. The van der Waals surface area contributed by atoms with Crippen molar-refractivity contribution in [3.05, 3.63) is 65.7 Å². The second-order valence-corrected chi connectivity index (χ2v) is 7.72. The van der Waals surface area contributed by atoms with Crippen molar-refractivity contribution in [1.29, 1.82) is 0 Å². The summed E-state index contributed by atoms with van der Waals surface area (Å²) in [6.07, 6.45) is 4.89. The van der Waals surface area contributed by atoms with Crippen LogP contribution in [-0.4, -0.2) is 36.5 Å². The second-order valence-electron chi connectivity index (χ2n) is 7.72. The quantitative estimate of drug-likeness (QED) is 0.753. The van der Waals surface area contributed by atoms with Crippen LogP contribution in [-0.2, 0) is 6.61 Å². The van der Waals surface area contributed by atoms with Gasteiger partial charge >= 0.3 is 0 Å². The maximum atomic E-state index is 12.7. The van der Waals surface area contributed by atoms with Crippen molar-refractivity contribution in [3.8, 4) is 5.75 Å².